The van der Waals surface area contributed by atoms with E-state index in [2.05, 4.69) is 20.8 Å². The predicted molar refractivity (Wildman–Crippen MR) is 177 cm³/mol. The first kappa shape index (κ1) is 30.0. The zero-order valence-electron chi connectivity index (χ0n) is 25.8. The number of carbonyl (C=O) groups excluding carboxylic acids is 3. The van der Waals surface area contributed by atoms with Crippen LogP contribution in [0.2, 0.25) is 0 Å². The van der Waals surface area contributed by atoms with Crippen LogP contribution in [0.15, 0.2) is 83.1 Å². The molecule has 3 aliphatic rings. The van der Waals surface area contributed by atoms with Gasteiger partial charge in [0.25, 0.3) is 17.6 Å². The third-order valence-electron chi connectivity index (χ3n) is 9.46. The zero-order chi connectivity index (χ0) is 31.8. The number of fused-ring (bicyclic) bond motifs is 1. The maximum Gasteiger partial charge on any atom is 0.296 e. The van der Waals surface area contributed by atoms with E-state index in [4.69, 9.17) is 5.10 Å². The van der Waals surface area contributed by atoms with Crippen molar-refractivity contribution in [1.29, 1.82) is 0 Å². The molecule has 1 aromatic heterocycles. The van der Waals surface area contributed by atoms with E-state index in [1.807, 2.05) is 56.3 Å². The molecule has 11 heteroatoms. The minimum atomic E-state index is -0.715. The second kappa shape index (κ2) is 12.6. The summed E-state index contributed by atoms with van der Waals surface area (Å²) in [4.78, 5) is 39.8. The number of thioether (sulfide) groups is 1. The van der Waals surface area contributed by atoms with E-state index in [1.54, 1.807) is 35.0 Å². The van der Waals surface area contributed by atoms with E-state index in [-0.39, 0.29) is 11.8 Å². The van der Waals surface area contributed by atoms with Crippen molar-refractivity contribution in [2.24, 2.45) is 22.9 Å². The van der Waals surface area contributed by atoms with Gasteiger partial charge in [0.05, 0.1) is 17.1 Å². The quantitative estimate of drug-likeness (QED) is 0.182. The lowest BCUT2D eigenvalue weighted by molar-refractivity contribution is -0.116. The highest BCUT2D eigenvalue weighted by molar-refractivity contribution is 8.01. The highest BCUT2D eigenvalue weighted by atomic mass is 32.2. The number of anilines is 2. The van der Waals surface area contributed by atoms with Crippen molar-refractivity contribution in [3.8, 4) is 5.69 Å². The van der Waals surface area contributed by atoms with Gasteiger partial charge in [0, 0.05) is 17.2 Å². The molecular formula is C35H35N7O3S. The van der Waals surface area contributed by atoms with Crippen molar-refractivity contribution in [2.45, 2.75) is 62.8 Å². The van der Waals surface area contributed by atoms with Crippen LogP contribution in [0.25, 0.3) is 5.69 Å². The first-order chi connectivity index (χ1) is 22.4. The smallest absolute Gasteiger partial charge is 0.296 e. The number of amides is 2. The van der Waals surface area contributed by atoms with Crippen molar-refractivity contribution >= 4 is 46.4 Å². The SMILES string of the molecule is Cc1ccc(C(=O)C(=O)Nc2ccc(N3N=C(C4CC5CCCCCC54)[C@@H](Sc4nnnn4-c4ccccc4)C3=O)cc2)c(C)c1. The maximum atomic E-state index is 14.1. The Morgan fingerprint density at radius 1 is 0.913 bits per heavy atom. The maximum absolute atomic E-state index is 14.1. The summed E-state index contributed by atoms with van der Waals surface area (Å²) in [6.07, 6.45) is 7.21. The molecule has 4 aromatic rings. The molecule has 10 nitrogen and oxygen atoms in total. The number of benzene rings is 3. The highest BCUT2D eigenvalue weighted by Crippen LogP contribution is 2.51. The minimum Gasteiger partial charge on any atom is -0.319 e. The Hall–Kier alpha value is -4.64. The van der Waals surface area contributed by atoms with E-state index >= 15 is 0 Å². The number of hydrazone groups is 1. The highest BCUT2D eigenvalue weighted by Gasteiger charge is 2.50. The van der Waals surface area contributed by atoms with Gasteiger partial charge in [-0.15, -0.1) is 5.10 Å². The van der Waals surface area contributed by atoms with Crippen molar-refractivity contribution in [3.05, 3.63) is 89.5 Å². The summed E-state index contributed by atoms with van der Waals surface area (Å²) in [5.74, 6) is 0.00344. The Morgan fingerprint density at radius 2 is 1.70 bits per heavy atom. The summed E-state index contributed by atoms with van der Waals surface area (Å²) in [5.41, 5.74) is 4.89. The van der Waals surface area contributed by atoms with E-state index in [0.717, 1.165) is 35.4 Å². The molecule has 2 aliphatic carbocycles. The lowest BCUT2D eigenvalue weighted by Gasteiger charge is -2.44. The van der Waals surface area contributed by atoms with E-state index in [1.165, 1.54) is 42.5 Å². The van der Waals surface area contributed by atoms with Crippen LogP contribution in [0.5, 0.6) is 0 Å². The Labute approximate surface area is 271 Å². The largest absolute Gasteiger partial charge is 0.319 e. The number of carbonyl (C=O) groups is 3. The fourth-order valence-electron chi connectivity index (χ4n) is 7.05. The molecule has 0 bridgehead atoms. The molecule has 1 N–H and O–H groups in total. The van der Waals surface area contributed by atoms with Gasteiger partial charge in [-0.1, -0.05) is 79.4 Å². The Bertz CT molecular complexity index is 1820. The van der Waals surface area contributed by atoms with Crippen molar-refractivity contribution in [1.82, 2.24) is 20.2 Å². The summed E-state index contributed by atoms with van der Waals surface area (Å²) in [6, 6.07) is 21.9. The van der Waals surface area contributed by atoms with Gasteiger partial charge in [-0.2, -0.15) is 14.8 Å². The van der Waals surface area contributed by atoms with Gasteiger partial charge in [-0.3, -0.25) is 14.4 Å². The Balaban J connectivity index is 1.13. The molecule has 4 atom stereocenters. The number of para-hydroxylation sites is 1. The van der Waals surface area contributed by atoms with Crippen LogP contribution in [0.4, 0.5) is 11.4 Å². The first-order valence-electron chi connectivity index (χ1n) is 15.8. The van der Waals surface area contributed by atoms with Crippen LogP contribution in [0.3, 0.4) is 0 Å². The average Bonchev–Trinajstić information content (AvgIpc) is 3.59. The predicted octanol–water partition coefficient (Wildman–Crippen LogP) is 6.18. The third-order valence-corrected chi connectivity index (χ3v) is 10.6. The van der Waals surface area contributed by atoms with Gasteiger partial charge in [-0.05, 0) is 90.9 Å². The van der Waals surface area contributed by atoms with E-state index in [0.29, 0.717) is 33.9 Å². The third kappa shape index (κ3) is 5.75. The van der Waals surface area contributed by atoms with Crippen LogP contribution >= 0.6 is 11.8 Å². The fraction of sp³-hybridized carbons (Fsp3) is 0.343. The van der Waals surface area contributed by atoms with Crippen molar-refractivity contribution < 1.29 is 14.4 Å². The number of hydrogen-bond donors (Lipinski definition) is 1. The summed E-state index contributed by atoms with van der Waals surface area (Å²) < 4.78 is 1.66. The zero-order valence-corrected chi connectivity index (χ0v) is 26.6. The number of rotatable bonds is 8. The monoisotopic (exact) mass is 633 g/mol. The molecule has 0 saturated heterocycles. The number of hydrogen-bond acceptors (Lipinski definition) is 8. The number of aryl methyl sites for hydroxylation is 2. The molecule has 2 amide bonds. The van der Waals surface area contributed by atoms with Crippen LogP contribution in [0, 0.1) is 31.6 Å². The normalized spacial score (nSPS) is 22.4. The number of tetrazole rings is 1. The van der Waals surface area contributed by atoms with Gasteiger partial charge in [0.2, 0.25) is 5.16 Å². The number of ketones is 1. The molecule has 3 aromatic carbocycles. The summed E-state index contributed by atoms with van der Waals surface area (Å²) >= 11 is 1.34. The topological polar surface area (TPSA) is 122 Å². The lowest BCUT2D eigenvalue weighted by Crippen LogP contribution is -2.44. The lowest BCUT2D eigenvalue weighted by atomic mass is 9.60. The second-order valence-electron chi connectivity index (χ2n) is 12.4. The average molecular weight is 634 g/mol. The molecule has 234 valence electrons. The molecule has 7 rings (SSSR count). The molecule has 0 radical (unpaired) electrons. The van der Waals surface area contributed by atoms with Gasteiger partial charge < -0.3 is 5.32 Å². The number of Topliss-reactive ketones (excluding diaryl/α,β-unsaturated/α-hetero) is 1. The van der Waals surface area contributed by atoms with Gasteiger partial charge >= 0.3 is 0 Å². The number of aromatic nitrogens is 4. The molecule has 1 aliphatic heterocycles. The molecule has 0 spiro atoms. The van der Waals surface area contributed by atoms with Crippen LogP contribution < -0.4 is 10.3 Å². The Kier molecular flexibility index (Phi) is 8.25. The summed E-state index contributed by atoms with van der Waals surface area (Å²) in [6.45, 7) is 3.76. The van der Waals surface area contributed by atoms with Crippen molar-refractivity contribution in [3.63, 3.8) is 0 Å². The standard InChI is InChI=1S/C35H35N7O3S/c1-21-13-18-27(22(2)19-21)31(43)33(44)36-24-14-16-26(17-15-24)41-34(45)32(30(38-41)29-20-23-9-5-3-8-12-28(23)29)46-35-37-39-40-42(35)25-10-6-4-7-11-25/h4,6-7,10-11,13-19,23,28-29,32H,3,5,8-9,12,20H2,1-2H3,(H,36,44)/t23?,28?,29?,32-/m1/s1. The van der Waals surface area contributed by atoms with Crippen LogP contribution in [0.1, 0.15) is 60.0 Å². The van der Waals surface area contributed by atoms with Crippen LogP contribution in [-0.2, 0) is 9.59 Å². The van der Waals surface area contributed by atoms with Gasteiger partial charge in [0.15, 0.2) is 0 Å². The molecule has 2 fully saturated rings. The minimum absolute atomic E-state index is 0.151. The number of nitrogens with one attached hydrogen (secondary N) is 1. The molecule has 2 saturated carbocycles. The molecule has 2 heterocycles. The second-order valence-corrected chi connectivity index (χ2v) is 13.5. The molecular weight excluding hydrogens is 598 g/mol. The summed E-state index contributed by atoms with van der Waals surface area (Å²) in [5, 5.41) is 21.5. The van der Waals surface area contributed by atoms with Gasteiger partial charge in [0.1, 0.15) is 5.25 Å². The van der Waals surface area contributed by atoms with Gasteiger partial charge in [-0.25, -0.2) is 0 Å². The first-order valence-corrected chi connectivity index (χ1v) is 16.7. The fourth-order valence-corrected chi connectivity index (χ4v) is 8.13. The van der Waals surface area contributed by atoms with E-state index in [9.17, 15) is 14.4 Å². The molecule has 3 unspecified atom stereocenters. The van der Waals surface area contributed by atoms with Crippen molar-refractivity contribution in [2.75, 3.05) is 10.3 Å². The number of nitrogens with zero attached hydrogens (tertiary/aromatic N) is 6. The van der Waals surface area contributed by atoms with Crippen LogP contribution in [-0.4, -0.2) is 48.8 Å². The van der Waals surface area contributed by atoms with E-state index < -0.39 is 16.9 Å². The molecule has 46 heavy (non-hydrogen) atoms. The summed E-state index contributed by atoms with van der Waals surface area (Å²) in [7, 11) is 0. The Morgan fingerprint density at radius 3 is 2.48 bits per heavy atom.